The maximum atomic E-state index is 13.3. The molecular weight excluding hydrogens is 369 g/mol. The number of hydrogen-bond acceptors (Lipinski definition) is 2. The van der Waals surface area contributed by atoms with E-state index in [0.717, 1.165) is 22.9 Å². The van der Waals surface area contributed by atoms with Gasteiger partial charge in [0.05, 0.1) is 16.6 Å². The SMILES string of the molecule is FC(F)(F)c1ccccc1-c1ccc2nc(C=CC3CCSCC3)[nH]c2c1. The fourth-order valence-electron chi connectivity index (χ4n) is 3.39. The molecule has 0 radical (unpaired) electrons. The van der Waals surface area contributed by atoms with E-state index < -0.39 is 11.7 Å². The van der Waals surface area contributed by atoms with Crippen LogP contribution in [0.15, 0.2) is 48.5 Å². The minimum absolute atomic E-state index is 0.179. The summed E-state index contributed by atoms with van der Waals surface area (Å²) in [7, 11) is 0. The van der Waals surface area contributed by atoms with Gasteiger partial charge in [0.15, 0.2) is 0 Å². The van der Waals surface area contributed by atoms with Crippen LogP contribution >= 0.6 is 11.8 Å². The number of alkyl halides is 3. The van der Waals surface area contributed by atoms with Crippen LogP contribution in [-0.2, 0) is 6.18 Å². The van der Waals surface area contributed by atoms with Crippen molar-refractivity contribution in [2.75, 3.05) is 11.5 Å². The van der Waals surface area contributed by atoms with Gasteiger partial charge in [-0.25, -0.2) is 4.98 Å². The highest BCUT2D eigenvalue weighted by atomic mass is 32.2. The Bertz CT molecular complexity index is 969. The van der Waals surface area contributed by atoms with Crippen LogP contribution in [0.25, 0.3) is 28.2 Å². The van der Waals surface area contributed by atoms with Crippen molar-refractivity contribution in [3.05, 3.63) is 59.9 Å². The molecule has 0 unspecified atom stereocenters. The van der Waals surface area contributed by atoms with Crippen molar-refractivity contribution in [1.82, 2.24) is 9.97 Å². The zero-order valence-corrected chi connectivity index (χ0v) is 15.4. The lowest BCUT2D eigenvalue weighted by molar-refractivity contribution is -0.137. The Labute approximate surface area is 159 Å². The molecule has 4 rings (SSSR count). The molecule has 1 fully saturated rings. The van der Waals surface area contributed by atoms with Gasteiger partial charge in [-0.3, -0.25) is 0 Å². The average molecular weight is 388 g/mol. The lowest BCUT2D eigenvalue weighted by Crippen LogP contribution is -2.06. The van der Waals surface area contributed by atoms with Crippen molar-refractivity contribution in [2.45, 2.75) is 19.0 Å². The fourth-order valence-corrected chi connectivity index (χ4v) is 4.54. The second kappa shape index (κ2) is 7.43. The Balaban J connectivity index is 1.65. The number of imidazole rings is 1. The molecule has 0 bridgehead atoms. The number of H-pyrrole nitrogens is 1. The average Bonchev–Trinajstić information content (AvgIpc) is 3.08. The van der Waals surface area contributed by atoms with Gasteiger partial charge in [0, 0.05) is 0 Å². The normalized spacial score (nSPS) is 16.4. The van der Waals surface area contributed by atoms with Crippen molar-refractivity contribution >= 4 is 28.9 Å². The molecule has 1 aromatic heterocycles. The van der Waals surface area contributed by atoms with Gasteiger partial charge in [0.25, 0.3) is 0 Å². The summed E-state index contributed by atoms with van der Waals surface area (Å²) in [6.45, 7) is 0. The molecule has 0 spiro atoms. The Kier molecular flexibility index (Phi) is 5.00. The summed E-state index contributed by atoms with van der Waals surface area (Å²) in [6, 6.07) is 10.8. The van der Waals surface area contributed by atoms with Gasteiger partial charge in [0.2, 0.25) is 0 Å². The van der Waals surface area contributed by atoms with Crippen molar-refractivity contribution in [2.24, 2.45) is 5.92 Å². The molecule has 0 aliphatic carbocycles. The van der Waals surface area contributed by atoms with E-state index in [-0.39, 0.29) is 5.56 Å². The molecule has 2 aromatic carbocycles. The number of thioether (sulfide) groups is 1. The van der Waals surface area contributed by atoms with E-state index in [9.17, 15) is 13.2 Å². The van der Waals surface area contributed by atoms with Gasteiger partial charge < -0.3 is 4.98 Å². The smallest absolute Gasteiger partial charge is 0.338 e. The van der Waals surface area contributed by atoms with Crippen LogP contribution in [0.4, 0.5) is 13.2 Å². The number of halogens is 3. The van der Waals surface area contributed by atoms with Gasteiger partial charge in [-0.2, -0.15) is 24.9 Å². The van der Waals surface area contributed by atoms with Crippen LogP contribution in [0.2, 0.25) is 0 Å². The third kappa shape index (κ3) is 4.05. The van der Waals surface area contributed by atoms with E-state index in [4.69, 9.17) is 0 Å². The van der Waals surface area contributed by atoms with E-state index in [1.165, 1.54) is 36.5 Å². The number of hydrogen-bond donors (Lipinski definition) is 1. The molecule has 2 heterocycles. The highest BCUT2D eigenvalue weighted by molar-refractivity contribution is 7.99. The lowest BCUT2D eigenvalue weighted by Gasteiger charge is -2.17. The summed E-state index contributed by atoms with van der Waals surface area (Å²) < 4.78 is 39.9. The molecule has 0 saturated carbocycles. The van der Waals surface area contributed by atoms with Crippen LogP contribution in [0.5, 0.6) is 0 Å². The Morgan fingerprint density at radius 1 is 1.07 bits per heavy atom. The number of aromatic nitrogens is 2. The molecule has 140 valence electrons. The van der Waals surface area contributed by atoms with Crippen LogP contribution in [0.3, 0.4) is 0 Å². The lowest BCUT2D eigenvalue weighted by atomic mass is 9.99. The van der Waals surface area contributed by atoms with Crippen molar-refractivity contribution in [3.63, 3.8) is 0 Å². The highest BCUT2D eigenvalue weighted by Crippen LogP contribution is 2.37. The van der Waals surface area contributed by atoms with Crippen LogP contribution in [0, 0.1) is 5.92 Å². The zero-order valence-electron chi connectivity index (χ0n) is 14.6. The molecule has 2 nitrogen and oxygen atoms in total. The number of benzene rings is 2. The first-order valence-electron chi connectivity index (χ1n) is 8.93. The first-order chi connectivity index (χ1) is 13.0. The quantitative estimate of drug-likeness (QED) is 0.562. The minimum Gasteiger partial charge on any atom is -0.338 e. The number of nitrogens with one attached hydrogen (secondary N) is 1. The molecule has 1 aliphatic rings. The summed E-state index contributed by atoms with van der Waals surface area (Å²) in [6.07, 6.45) is 2.16. The van der Waals surface area contributed by atoms with Crippen molar-refractivity contribution in [1.29, 1.82) is 0 Å². The first-order valence-corrected chi connectivity index (χ1v) is 10.1. The van der Waals surface area contributed by atoms with E-state index in [2.05, 4.69) is 16.0 Å². The van der Waals surface area contributed by atoms with Gasteiger partial charge in [-0.1, -0.05) is 30.3 Å². The topological polar surface area (TPSA) is 28.7 Å². The van der Waals surface area contributed by atoms with E-state index in [0.29, 0.717) is 11.5 Å². The van der Waals surface area contributed by atoms with Crippen LogP contribution < -0.4 is 0 Å². The number of fused-ring (bicyclic) bond motifs is 1. The molecule has 1 N–H and O–H groups in total. The second-order valence-corrected chi connectivity index (χ2v) is 7.93. The zero-order chi connectivity index (χ0) is 18.9. The van der Waals surface area contributed by atoms with E-state index >= 15 is 0 Å². The Morgan fingerprint density at radius 3 is 2.63 bits per heavy atom. The van der Waals surface area contributed by atoms with Gasteiger partial charge in [-0.05, 0) is 65.7 Å². The summed E-state index contributed by atoms with van der Waals surface area (Å²) in [5, 5.41) is 0. The predicted molar refractivity (Wildman–Crippen MR) is 106 cm³/mol. The van der Waals surface area contributed by atoms with Gasteiger partial charge in [0.1, 0.15) is 5.82 Å². The molecule has 6 heteroatoms. The maximum absolute atomic E-state index is 13.3. The van der Waals surface area contributed by atoms with Crippen LogP contribution in [0.1, 0.15) is 24.2 Å². The summed E-state index contributed by atoms with van der Waals surface area (Å²) in [4.78, 5) is 7.75. The Hall–Kier alpha value is -2.21. The molecule has 27 heavy (non-hydrogen) atoms. The van der Waals surface area contributed by atoms with Crippen molar-refractivity contribution in [3.8, 4) is 11.1 Å². The van der Waals surface area contributed by atoms with E-state index in [1.807, 2.05) is 17.8 Å². The Morgan fingerprint density at radius 2 is 1.85 bits per heavy atom. The molecular formula is C21H19F3N2S. The second-order valence-electron chi connectivity index (χ2n) is 6.71. The van der Waals surface area contributed by atoms with E-state index in [1.54, 1.807) is 24.3 Å². The molecule has 0 atom stereocenters. The minimum atomic E-state index is -4.38. The molecule has 1 aliphatic heterocycles. The monoisotopic (exact) mass is 388 g/mol. The van der Waals surface area contributed by atoms with Gasteiger partial charge in [-0.15, -0.1) is 0 Å². The number of aromatic amines is 1. The van der Waals surface area contributed by atoms with Crippen molar-refractivity contribution < 1.29 is 13.2 Å². The molecule has 1 saturated heterocycles. The standard InChI is InChI=1S/C21H19F3N2S/c22-21(23,24)17-4-2-1-3-16(17)15-6-7-18-19(13-15)26-20(25-18)8-5-14-9-11-27-12-10-14/h1-8,13-14H,9-12H2,(H,25,26). The third-order valence-electron chi connectivity index (χ3n) is 4.84. The molecule has 3 aromatic rings. The predicted octanol–water partition coefficient (Wildman–Crippen LogP) is 6.41. The highest BCUT2D eigenvalue weighted by Gasteiger charge is 2.33. The number of rotatable bonds is 3. The maximum Gasteiger partial charge on any atom is 0.417 e. The summed E-state index contributed by atoms with van der Waals surface area (Å²) in [5.74, 6) is 3.70. The summed E-state index contributed by atoms with van der Waals surface area (Å²) >= 11 is 1.99. The molecule has 0 amide bonds. The fraction of sp³-hybridized carbons (Fsp3) is 0.286. The number of allylic oxidation sites excluding steroid dienone is 1. The number of nitrogens with zero attached hydrogens (tertiary/aromatic N) is 1. The summed E-state index contributed by atoms with van der Waals surface area (Å²) in [5.41, 5.74) is 1.57. The van der Waals surface area contributed by atoms with Gasteiger partial charge >= 0.3 is 6.18 Å². The largest absolute Gasteiger partial charge is 0.417 e. The van der Waals surface area contributed by atoms with Crippen LogP contribution in [-0.4, -0.2) is 21.5 Å². The first kappa shape index (κ1) is 18.2. The third-order valence-corrected chi connectivity index (χ3v) is 5.88.